The van der Waals surface area contributed by atoms with Crippen molar-refractivity contribution in [2.75, 3.05) is 39.8 Å². The van der Waals surface area contributed by atoms with E-state index in [-0.39, 0.29) is 12.1 Å². The summed E-state index contributed by atoms with van der Waals surface area (Å²) in [5, 5.41) is 12.5. The molecule has 0 spiro atoms. The van der Waals surface area contributed by atoms with E-state index in [9.17, 15) is 9.90 Å². The van der Waals surface area contributed by atoms with Crippen molar-refractivity contribution in [1.29, 1.82) is 0 Å². The molecule has 2 amide bonds. The van der Waals surface area contributed by atoms with Crippen LogP contribution in [0.25, 0.3) is 0 Å². The second-order valence-corrected chi connectivity index (χ2v) is 5.95. The number of piperidine rings is 1. The average molecular weight is 285 g/mol. The Morgan fingerprint density at radius 3 is 2.60 bits per heavy atom. The molecule has 0 aromatic carbocycles. The van der Waals surface area contributed by atoms with Gasteiger partial charge in [0.1, 0.15) is 0 Å². The molecule has 0 aliphatic carbocycles. The van der Waals surface area contributed by atoms with Crippen molar-refractivity contribution in [1.82, 2.24) is 15.1 Å². The number of hydrogen-bond acceptors (Lipinski definition) is 3. The fraction of sp³-hybridized carbons (Fsp3) is 0.933. The molecular formula is C15H31N3O2. The van der Waals surface area contributed by atoms with Gasteiger partial charge in [0.2, 0.25) is 0 Å². The number of likely N-dealkylation sites (tertiary alicyclic amines) is 1. The van der Waals surface area contributed by atoms with Crippen LogP contribution in [0.2, 0.25) is 0 Å². The lowest BCUT2D eigenvalue weighted by molar-refractivity contribution is 0.0797. The average Bonchev–Trinajstić information content (AvgIpc) is 2.45. The highest BCUT2D eigenvalue weighted by Gasteiger charge is 2.25. The summed E-state index contributed by atoms with van der Waals surface area (Å²) in [6.45, 7) is 8.23. The maximum absolute atomic E-state index is 12.0. The fourth-order valence-corrected chi connectivity index (χ4v) is 2.59. The molecule has 0 bridgehead atoms. The van der Waals surface area contributed by atoms with Gasteiger partial charge in [0.05, 0.1) is 6.10 Å². The van der Waals surface area contributed by atoms with E-state index in [2.05, 4.69) is 24.2 Å². The van der Waals surface area contributed by atoms with Crippen LogP contribution in [-0.2, 0) is 0 Å². The number of unbranched alkanes of at least 4 members (excludes halogenated alkanes) is 1. The summed E-state index contributed by atoms with van der Waals surface area (Å²) < 4.78 is 0. The molecule has 1 aliphatic rings. The minimum atomic E-state index is -0.257. The highest BCUT2D eigenvalue weighted by Crippen LogP contribution is 2.20. The lowest BCUT2D eigenvalue weighted by atomic mass is 9.92. The van der Waals surface area contributed by atoms with Crippen LogP contribution in [-0.4, -0.2) is 66.8 Å². The lowest BCUT2D eigenvalue weighted by Gasteiger charge is -2.33. The zero-order valence-corrected chi connectivity index (χ0v) is 13.3. The van der Waals surface area contributed by atoms with Gasteiger partial charge in [-0.05, 0) is 45.7 Å². The van der Waals surface area contributed by atoms with Crippen LogP contribution < -0.4 is 5.32 Å². The molecule has 1 unspecified atom stereocenters. The first-order chi connectivity index (χ1) is 9.54. The molecule has 0 aromatic rings. The maximum atomic E-state index is 12.0. The Morgan fingerprint density at radius 2 is 2.05 bits per heavy atom. The van der Waals surface area contributed by atoms with Gasteiger partial charge in [-0.2, -0.15) is 0 Å². The first kappa shape index (κ1) is 17.2. The summed E-state index contributed by atoms with van der Waals surface area (Å²) in [7, 11) is 2.09. The lowest BCUT2D eigenvalue weighted by Crippen LogP contribution is -2.47. The molecule has 1 saturated heterocycles. The second-order valence-electron chi connectivity index (χ2n) is 5.95. The van der Waals surface area contributed by atoms with Crippen molar-refractivity contribution in [2.45, 2.75) is 45.6 Å². The number of aliphatic hydroxyl groups excluding tert-OH is 1. The third kappa shape index (κ3) is 6.09. The molecule has 1 atom stereocenters. The third-order valence-corrected chi connectivity index (χ3v) is 4.17. The smallest absolute Gasteiger partial charge is 0.317 e. The quantitative estimate of drug-likeness (QED) is 0.746. The Labute approximate surface area is 123 Å². The van der Waals surface area contributed by atoms with Gasteiger partial charge >= 0.3 is 6.03 Å². The Kier molecular flexibility index (Phi) is 7.92. The zero-order chi connectivity index (χ0) is 15.0. The number of nitrogens with zero attached hydrogens (tertiary/aromatic N) is 2. The summed E-state index contributed by atoms with van der Waals surface area (Å²) >= 11 is 0. The van der Waals surface area contributed by atoms with Crippen LogP contribution in [0.15, 0.2) is 0 Å². The van der Waals surface area contributed by atoms with E-state index < -0.39 is 0 Å². The first-order valence-electron chi connectivity index (χ1n) is 7.94. The van der Waals surface area contributed by atoms with Crippen molar-refractivity contribution < 1.29 is 9.90 Å². The molecule has 2 N–H and O–H groups in total. The molecule has 5 nitrogen and oxygen atoms in total. The number of hydrogen-bond donors (Lipinski definition) is 2. The third-order valence-electron chi connectivity index (χ3n) is 4.17. The van der Waals surface area contributed by atoms with Crippen LogP contribution in [0.4, 0.5) is 4.79 Å². The molecule has 20 heavy (non-hydrogen) atoms. The van der Waals surface area contributed by atoms with E-state index in [0.717, 1.165) is 39.0 Å². The van der Waals surface area contributed by atoms with Gasteiger partial charge in [-0.25, -0.2) is 4.79 Å². The Morgan fingerprint density at radius 1 is 1.40 bits per heavy atom. The Hall–Kier alpha value is -0.810. The zero-order valence-electron chi connectivity index (χ0n) is 13.3. The van der Waals surface area contributed by atoms with Crippen LogP contribution in [0, 0.1) is 5.92 Å². The predicted molar refractivity (Wildman–Crippen MR) is 81.8 cm³/mol. The summed E-state index contributed by atoms with van der Waals surface area (Å²) in [6, 6.07) is 0.0398. The van der Waals surface area contributed by atoms with Gasteiger partial charge in [0.15, 0.2) is 0 Å². The molecule has 0 aromatic heterocycles. The summed E-state index contributed by atoms with van der Waals surface area (Å²) in [5.41, 5.74) is 0. The maximum Gasteiger partial charge on any atom is 0.317 e. The van der Waals surface area contributed by atoms with E-state index in [4.69, 9.17) is 0 Å². The normalized spacial score (nSPS) is 18.4. The monoisotopic (exact) mass is 285 g/mol. The van der Waals surface area contributed by atoms with Crippen molar-refractivity contribution in [3.8, 4) is 0 Å². The van der Waals surface area contributed by atoms with Gasteiger partial charge in [0.25, 0.3) is 0 Å². The molecule has 1 heterocycles. The second kappa shape index (κ2) is 9.19. The summed E-state index contributed by atoms with van der Waals surface area (Å²) in [6.07, 6.45) is 3.96. The number of amides is 2. The van der Waals surface area contributed by atoms with E-state index in [0.29, 0.717) is 12.5 Å². The standard InChI is InChI=1S/C15H31N3O2/c1-4-5-9-17(3)12-8-16-15(20)18-10-6-14(7-11-18)13(2)19/h13-14,19H,4-12H2,1-3H3,(H,16,20). The van der Waals surface area contributed by atoms with Gasteiger partial charge in [0, 0.05) is 26.2 Å². The predicted octanol–water partition coefficient (Wildman–Crippen LogP) is 1.52. The number of carbonyl (C=O) groups is 1. The molecule has 118 valence electrons. The first-order valence-corrected chi connectivity index (χ1v) is 7.94. The largest absolute Gasteiger partial charge is 0.393 e. The highest BCUT2D eigenvalue weighted by atomic mass is 16.3. The Bertz CT molecular complexity index is 276. The highest BCUT2D eigenvalue weighted by molar-refractivity contribution is 5.74. The number of nitrogens with one attached hydrogen (secondary N) is 1. The number of aliphatic hydroxyl groups is 1. The minimum absolute atomic E-state index is 0.0398. The number of likely N-dealkylation sites (N-methyl/N-ethyl adjacent to an activating group) is 1. The minimum Gasteiger partial charge on any atom is -0.393 e. The van der Waals surface area contributed by atoms with E-state index >= 15 is 0 Å². The van der Waals surface area contributed by atoms with E-state index in [1.807, 2.05) is 11.8 Å². The fourth-order valence-electron chi connectivity index (χ4n) is 2.59. The van der Waals surface area contributed by atoms with Crippen molar-refractivity contribution in [2.24, 2.45) is 5.92 Å². The Balaban J connectivity index is 2.14. The van der Waals surface area contributed by atoms with Gasteiger partial charge in [-0.3, -0.25) is 0 Å². The van der Waals surface area contributed by atoms with Gasteiger partial charge < -0.3 is 20.2 Å². The van der Waals surface area contributed by atoms with Gasteiger partial charge in [-0.1, -0.05) is 13.3 Å². The van der Waals surface area contributed by atoms with Crippen LogP contribution in [0.5, 0.6) is 0 Å². The van der Waals surface area contributed by atoms with Crippen molar-refractivity contribution in [3.63, 3.8) is 0 Å². The molecule has 0 saturated carbocycles. The molecule has 1 rings (SSSR count). The molecule has 5 heteroatoms. The van der Waals surface area contributed by atoms with Crippen LogP contribution >= 0.6 is 0 Å². The van der Waals surface area contributed by atoms with Crippen LogP contribution in [0.3, 0.4) is 0 Å². The molecule has 0 radical (unpaired) electrons. The molecular weight excluding hydrogens is 254 g/mol. The SMILES string of the molecule is CCCCN(C)CCNC(=O)N1CCC(C(C)O)CC1. The number of carbonyl (C=O) groups excluding carboxylic acids is 1. The number of rotatable bonds is 7. The summed E-state index contributed by atoms with van der Waals surface area (Å²) in [4.78, 5) is 16.1. The van der Waals surface area contributed by atoms with Crippen LogP contribution in [0.1, 0.15) is 39.5 Å². The van der Waals surface area contributed by atoms with Crippen molar-refractivity contribution >= 4 is 6.03 Å². The number of urea groups is 1. The van der Waals surface area contributed by atoms with E-state index in [1.54, 1.807) is 0 Å². The topological polar surface area (TPSA) is 55.8 Å². The van der Waals surface area contributed by atoms with Gasteiger partial charge in [-0.15, -0.1) is 0 Å². The summed E-state index contributed by atoms with van der Waals surface area (Å²) in [5.74, 6) is 0.347. The molecule has 1 fully saturated rings. The van der Waals surface area contributed by atoms with E-state index in [1.165, 1.54) is 12.8 Å². The van der Waals surface area contributed by atoms with Crippen molar-refractivity contribution in [3.05, 3.63) is 0 Å². The molecule has 1 aliphatic heterocycles.